The van der Waals surface area contributed by atoms with E-state index < -0.39 is 0 Å². The quantitative estimate of drug-likeness (QED) is 0.454. The smallest absolute Gasteiger partial charge is 0.158 e. The topological polar surface area (TPSA) is 28.5 Å². The Kier molecular flexibility index (Phi) is 4.91. The maximum absolute atomic E-state index is 5.71. The van der Waals surface area contributed by atoms with Gasteiger partial charge in [0.2, 0.25) is 0 Å². The standard InChI is InChI=1S/C10H14ClN3S/c1-12-10(15-3)14(2)7-8-4-5-9(11)13-6-8/h4-6H,7H2,1-3H3/b12-10-. The van der Waals surface area contributed by atoms with Gasteiger partial charge in [0, 0.05) is 26.8 Å². The molecule has 1 aromatic rings. The third-order valence-electron chi connectivity index (χ3n) is 1.91. The molecule has 5 heteroatoms. The Morgan fingerprint density at radius 1 is 1.60 bits per heavy atom. The van der Waals surface area contributed by atoms with Gasteiger partial charge in [-0.15, -0.1) is 0 Å². The Balaban J connectivity index is 2.65. The summed E-state index contributed by atoms with van der Waals surface area (Å²) in [6.07, 6.45) is 3.80. The minimum atomic E-state index is 0.524. The van der Waals surface area contributed by atoms with Crippen molar-refractivity contribution in [1.29, 1.82) is 0 Å². The SMILES string of the molecule is C/N=C(\SC)N(C)Cc1ccc(Cl)nc1. The maximum Gasteiger partial charge on any atom is 0.158 e. The predicted molar refractivity (Wildman–Crippen MR) is 67.6 cm³/mol. The van der Waals surface area contributed by atoms with Crippen molar-refractivity contribution in [2.75, 3.05) is 20.4 Å². The Morgan fingerprint density at radius 3 is 2.80 bits per heavy atom. The van der Waals surface area contributed by atoms with Crippen LogP contribution in [0.15, 0.2) is 23.3 Å². The second-order valence-corrected chi connectivity index (χ2v) is 4.22. The van der Waals surface area contributed by atoms with Crippen LogP contribution in [0, 0.1) is 0 Å². The molecule has 0 N–H and O–H groups in total. The molecular weight excluding hydrogens is 230 g/mol. The van der Waals surface area contributed by atoms with Crippen molar-refractivity contribution in [3.05, 3.63) is 29.0 Å². The van der Waals surface area contributed by atoms with E-state index in [1.54, 1.807) is 31.1 Å². The van der Waals surface area contributed by atoms with Gasteiger partial charge in [0.25, 0.3) is 0 Å². The third kappa shape index (κ3) is 3.72. The van der Waals surface area contributed by atoms with Crippen LogP contribution in [0.4, 0.5) is 0 Å². The van der Waals surface area contributed by atoms with Gasteiger partial charge in [0.05, 0.1) is 0 Å². The van der Waals surface area contributed by atoms with Crippen LogP contribution in [0.3, 0.4) is 0 Å². The van der Waals surface area contributed by atoms with Gasteiger partial charge < -0.3 is 4.90 Å². The second-order valence-electron chi connectivity index (χ2n) is 3.06. The molecular formula is C10H14ClN3S. The number of rotatable bonds is 2. The first-order chi connectivity index (χ1) is 7.17. The molecule has 0 saturated carbocycles. The summed E-state index contributed by atoms with van der Waals surface area (Å²) in [7, 11) is 3.80. The molecule has 0 aliphatic rings. The molecule has 15 heavy (non-hydrogen) atoms. The first-order valence-electron chi connectivity index (χ1n) is 4.49. The van der Waals surface area contributed by atoms with Gasteiger partial charge in [-0.1, -0.05) is 29.4 Å². The lowest BCUT2D eigenvalue weighted by atomic mass is 10.3. The molecule has 0 aliphatic heterocycles. The van der Waals surface area contributed by atoms with Crippen LogP contribution < -0.4 is 0 Å². The van der Waals surface area contributed by atoms with Crippen molar-refractivity contribution >= 4 is 28.5 Å². The number of halogens is 1. The fraction of sp³-hybridized carbons (Fsp3) is 0.400. The number of aliphatic imine (C=N–C) groups is 1. The Hall–Kier alpha value is -0.740. The Bertz CT molecular complexity index is 337. The van der Waals surface area contributed by atoms with Crippen LogP contribution in [0.5, 0.6) is 0 Å². The summed E-state index contributed by atoms with van der Waals surface area (Å²) in [5.41, 5.74) is 1.12. The molecule has 3 nitrogen and oxygen atoms in total. The zero-order chi connectivity index (χ0) is 11.3. The lowest BCUT2D eigenvalue weighted by Crippen LogP contribution is -2.23. The second kappa shape index (κ2) is 5.98. The minimum absolute atomic E-state index is 0.524. The summed E-state index contributed by atoms with van der Waals surface area (Å²) in [4.78, 5) is 10.3. The summed E-state index contributed by atoms with van der Waals surface area (Å²) in [6, 6.07) is 3.77. The number of pyridine rings is 1. The van der Waals surface area contributed by atoms with E-state index in [1.165, 1.54) is 0 Å². The predicted octanol–water partition coefficient (Wildman–Crippen LogP) is 2.52. The molecule has 0 spiro atoms. The molecule has 0 saturated heterocycles. The third-order valence-corrected chi connectivity index (χ3v) is 2.99. The van der Waals surface area contributed by atoms with E-state index in [2.05, 4.69) is 14.9 Å². The van der Waals surface area contributed by atoms with E-state index in [0.29, 0.717) is 5.15 Å². The van der Waals surface area contributed by atoms with E-state index in [-0.39, 0.29) is 0 Å². The molecule has 0 fully saturated rings. The molecule has 0 aliphatic carbocycles. The van der Waals surface area contributed by atoms with Crippen LogP contribution in [0.2, 0.25) is 5.15 Å². The molecule has 1 heterocycles. The summed E-state index contributed by atoms with van der Waals surface area (Å²) >= 11 is 7.34. The Morgan fingerprint density at radius 2 is 2.33 bits per heavy atom. The van der Waals surface area contributed by atoms with Gasteiger partial charge in [-0.25, -0.2) is 4.98 Å². The molecule has 0 bridgehead atoms. The van der Waals surface area contributed by atoms with E-state index in [4.69, 9.17) is 11.6 Å². The van der Waals surface area contributed by atoms with Crippen LogP contribution in [0.25, 0.3) is 0 Å². The van der Waals surface area contributed by atoms with Crippen molar-refractivity contribution in [2.24, 2.45) is 4.99 Å². The van der Waals surface area contributed by atoms with Gasteiger partial charge in [0.15, 0.2) is 5.17 Å². The van der Waals surface area contributed by atoms with Gasteiger partial charge in [-0.3, -0.25) is 4.99 Å². The van der Waals surface area contributed by atoms with Crippen molar-refractivity contribution in [2.45, 2.75) is 6.54 Å². The van der Waals surface area contributed by atoms with Crippen LogP contribution in [0.1, 0.15) is 5.56 Å². The fourth-order valence-electron chi connectivity index (χ4n) is 1.26. The van der Waals surface area contributed by atoms with Crippen LogP contribution >= 0.6 is 23.4 Å². The van der Waals surface area contributed by atoms with E-state index in [0.717, 1.165) is 17.3 Å². The number of hydrogen-bond donors (Lipinski definition) is 0. The molecule has 0 radical (unpaired) electrons. The lowest BCUT2D eigenvalue weighted by Gasteiger charge is -2.19. The highest BCUT2D eigenvalue weighted by atomic mass is 35.5. The first kappa shape index (κ1) is 12.3. The number of hydrogen-bond acceptors (Lipinski definition) is 3. The van der Waals surface area contributed by atoms with Crippen molar-refractivity contribution in [1.82, 2.24) is 9.88 Å². The van der Waals surface area contributed by atoms with Crippen molar-refractivity contribution in [3.8, 4) is 0 Å². The van der Waals surface area contributed by atoms with E-state index in [1.807, 2.05) is 19.4 Å². The fourth-order valence-corrected chi connectivity index (χ4v) is 1.93. The molecule has 0 atom stereocenters. The average Bonchev–Trinajstić information content (AvgIpc) is 2.23. The highest BCUT2D eigenvalue weighted by Gasteiger charge is 2.04. The van der Waals surface area contributed by atoms with Gasteiger partial charge in [-0.2, -0.15) is 0 Å². The summed E-state index contributed by atoms with van der Waals surface area (Å²) in [5.74, 6) is 0. The van der Waals surface area contributed by atoms with Crippen LogP contribution in [-0.2, 0) is 6.54 Å². The zero-order valence-electron chi connectivity index (χ0n) is 9.07. The molecule has 0 unspecified atom stereocenters. The van der Waals surface area contributed by atoms with Crippen LogP contribution in [-0.4, -0.2) is 35.4 Å². The van der Waals surface area contributed by atoms with Crippen molar-refractivity contribution in [3.63, 3.8) is 0 Å². The monoisotopic (exact) mass is 243 g/mol. The molecule has 1 rings (SSSR count). The van der Waals surface area contributed by atoms with Gasteiger partial charge in [0.1, 0.15) is 5.15 Å². The van der Waals surface area contributed by atoms with Gasteiger partial charge in [-0.05, 0) is 17.9 Å². The average molecular weight is 244 g/mol. The maximum atomic E-state index is 5.71. The van der Waals surface area contributed by atoms with E-state index in [9.17, 15) is 0 Å². The number of thioether (sulfide) groups is 1. The molecule has 0 aromatic carbocycles. The summed E-state index contributed by atoms with van der Waals surface area (Å²) in [6.45, 7) is 0.789. The lowest BCUT2D eigenvalue weighted by molar-refractivity contribution is 0.509. The Labute approximate surface area is 99.6 Å². The van der Waals surface area contributed by atoms with Crippen molar-refractivity contribution < 1.29 is 0 Å². The molecule has 82 valence electrons. The summed E-state index contributed by atoms with van der Waals surface area (Å²) in [5, 5.41) is 1.53. The summed E-state index contributed by atoms with van der Waals surface area (Å²) < 4.78 is 0. The van der Waals surface area contributed by atoms with Gasteiger partial charge >= 0.3 is 0 Å². The first-order valence-corrected chi connectivity index (χ1v) is 6.10. The number of nitrogens with zero attached hydrogens (tertiary/aromatic N) is 3. The molecule has 0 amide bonds. The normalized spacial score (nSPS) is 11.6. The highest BCUT2D eigenvalue weighted by molar-refractivity contribution is 8.13. The number of amidine groups is 1. The zero-order valence-corrected chi connectivity index (χ0v) is 10.6. The largest absolute Gasteiger partial charge is 0.350 e. The van der Waals surface area contributed by atoms with E-state index >= 15 is 0 Å². The molecule has 1 aromatic heterocycles. The highest BCUT2D eigenvalue weighted by Crippen LogP contribution is 2.10. The number of aromatic nitrogens is 1. The minimum Gasteiger partial charge on any atom is -0.350 e.